The van der Waals surface area contributed by atoms with Crippen molar-refractivity contribution in [3.8, 4) is 28.8 Å². The highest BCUT2D eigenvalue weighted by Gasteiger charge is 2.50. The summed E-state index contributed by atoms with van der Waals surface area (Å²) >= 11 is 0. The summed E-state index contributed by atoms with van der Waals surface area (Å²) in [5.74, 6) is 0.0850. The Balaban J connectivity index is 1.38. The number of fused-ring (bicyclic) bond motifs is 2. The molecule has 2 saturated carbocycles. The molecule has 170 valence electrons. The summed E-state index contributed by atoms with van der Waals surface area (Å²) in [7, 11) is 2.07. The van der Waals surface area contributed by atoms with Crippen LogP contribution in [0.15, 0.2) is 36.8 Å². The summed E-state index contributed by atoms with van der Waals surface area (Å²) in [6.45, 7) is 4.80. The molecule has 3 aromatic rings. The average Bonchev–Trinajstić information content (AvgIpc) is 3.35. The molecule has 0 radical (unpaired) electrons. The first-order chi connectivity index (χ1) is 15.7. The van der Waals surface area contributed by atoms with Gasteiger partial charge in [-0.2, -0.15) is 5.26 Å². The van der Waals surface area contributed by atoms with Crippen molar-refractivity contribution < 1.29 is 9.50 Å². The molecular formula is C25H27FN6O. The van der Waals surface area contributed by atoms with Crippen molar-refractivity contribution in [1.82, 2.24) is 19.7 Å². The fourth-order valence-electron chi connectivity index (χ4n) is 5.95. The number of imidazole rings is 1. The topological polar surface area (TPSA) is 90.9 Å². The highest BCUT2D eigenvalue weighted by atomic mass is 19.1. The van der Waals surface area contributed by atoms with Crippen LogP contribution in [-0.2, 0) is 0 Å². The van der Waals surface area contributed by atoms with E-state index in [1.165, 1.54) is 48.5 Å². The second kappa shape index (κ2) is 7.55. The van der Waals surface area contributed by atoms with Gasteiger partial charge in [0.2, 0.25) is 0 Å². The number of aromatic nitrogens is 4. The van der Waals surface area contributed by atoms with Crippen LogP contribution >= 0.6 is 0 Å². The van der Waals surface area contributed by atoms with Crippen molar-refractivity contribution in [2.75, 3.05) is 11.9 Å². The van der Waals surface area contributed by atoms with Gasteiger partial charge in [-0.25, -0.2) is 9.37 Å². The van der Waals surface area contributed by atoms with Crippen molar-refractivity contribution in [3.63, 3.8) is 0 Å². The number of phenols is 1. The molecule has 0 spiro atoms. The first-order valence-corrected chi connectivity index (χ1v) is 11.2. The summed E-state index contributed by atoms with van der Waals surface area (Å²) < 4.78 is 16.2. The van der Waals surface area contributed by atoms with Gasteiger partial charge >= 0.3 is 0 Å². The van der Waals surface area contributed by atoms with Gasteiger partial charge in [0, 0.05) is 30.9 Å². The minimum absolute atomic E-state index is 0.100. The maximum absolute atomic E-state index is 14.8. The lowest BCUT2D eigenvalue weighted by Gasteiger charge is -2.44. The second-order valence-corrected chi connectivity index (χ2v) is 10.3. The molecule has 2 fully saturated rings. The Morgan fingerprint density at radius 1 is 1.18 bits per heavy atom. The van der Waals surface area contributed by atoms with E-state index in [9.17, 15) is 9.50 Å². The van der Waals surface area contributed by atoms with E-state index in [1.54, 1.807) is 6.07 Å². The Bertz CT molecular complexity index is 1230. The number of hydrogen-bond donors (Lipinski definition) is 1. The zero-order valence-electron chi connectivity index (χ0n) is 19.1. The van der Waals surface area contributed by atoms with Crippen LogP contribution in [0.2, 0.25) is 0 Å². The van der Waals surface area contributed by atoms with Gasteiger partial charge in [0.1, 0.15) is 24.0 Å². The van der Waals surface area contributed by atoms with Gasteiger partial charge in [-0.15, -0.1) is 10.2 Å². The van der Waals surface area contributed by atoms with Gasteiger partial charge in [-0.05, 0) is 61.1 Å². The van der Waals surface area contributed by atoms with Gasteiger partial charge in [0.05, 0.1) is 11.4 Å². The molecule has 0 aliphatic heterocycles. The number of nitriles is 1. The zero-order chi connectivity index (χ0) is 23.4. The van der Waals surface area contributed by atoms with E-state index in [0.29, 0.717) is 22.6 Å². The molecule has 7 nitrogen and oxygen atoms in total. The molecule has 33 heavy (non-hydrogen) atoms. The Hall–Kier alpha value is -3.47. The van der Waals surface area contributed by atoms with E-state index in [2.05, 4.69) is 41.0 Å². The molecule has 0 saturated heterocycles. The Morgan fingerprint density at radius 2 is 1.91 bits per heavy atom. The molecule has 0 unspecified atom stereocenters. The molecule has 2 aromatic heterocycles. The lowest BCUT2D eigenvalue weighted by atomic mass is 9.68. The Labute approximate surface area is 192 Å². The largest absolute Gasteiger partial charge is 0.507 e. The average molecular weight is 447 g/mol. The molecule has 3 atom stereocenters. The van der Waals surface area contributed by atoms with E-state index in [1.807, 2.05) is 12.1 Å². The lowest BCUT2D eigenvalue weighted by molar-refractivity contribution is 0.148. The monoisotopic (exact) mass is 446 g/mol. The summed E-state index contributed by atoms with van der Waals surface area (Å²) in [4.78, 5) is 6.09. The predicted molar refractivity (Wildman–Crippen MR) is 122 cm³/mol. The molecule has 1 aromatic carbocycles. The van der Waals surface area contributed by atoms with Crippen molar-refractivity contribution in [1.29, 1.82) is 5.26 Å². The maximum Gasteiger partial charge on any atom is 0.158 e. The van der Waals surface area contributed by atoms with Gasteiger partial charge in [0.25, 0.3) is 0 Å². The van der Waals surface area contributed by atoms with E-state index in [0.717, 1.165) is 18.7 Å². The number of hydrogen-bond acceptors (Lipinski definition) is 6. The van der Waals surface area contributed by atoms with E-state index in [4.69, 9.17) is 5.26 Å². The molecule has 2 heterocycles. The smallest absolute Gasteiger partial charge is 0.158 e. The summed E-state index contributed by atoms with van der Waals surface area (Å²) in [6, 6.07) is 8.48. The Morgan fingerprint density at radius 3 is 2.52 bits per heavy atom. The third-order valence-corrected chi connectivity index (χ3v) is 7.52. The molecule has 1 N–H and O–H groups in total. The van der Waals surface area contributed by atoms with Crippen LogP contribution in [0, 0.1) is 28.0 Å². The predicted octanol–water partition coefficient (Wildman–Crippen LogP) is 4.84. The van der Waals surface area contributed by atoms with Crippen LogP contribution in [0.3, 0.4) is 0 Å². The summed E-state index contributed by atoms with van der Waals surface area (Å²) in [6.07, 6.45) is 8.91. The molecule has 5 rings (SSSR count). The number of nitrogens with zero attached hydrogens (tertiary/aromatic N) is 6. The highest BCUT2D eigenvalue weighted by Crippen LogP contribution is 2.58. The van der Waals surface area contributed by atoms with Crippen molar-refractivity contribution in [2.45, 2.75) is 52.0 Å². The van der Waals surface area contributed by atoms with Crippen LogP contribution in [0.25, 0.3) is 16.9 Å². The molecule has 0 amide bonds. The third kappa shape index (κ3) is 3.82. The molecule has 2 bridgehead atoms. The van der Waals surface area contributed by atoms with Gasteiger partial charge in [-0.3, -0.25) is 0 Å². The normalized spacial score (nSPS) is 26.2. The van der Waals surface area contributed by atoms with E-state index >= 15 is 0 Å². The van der Waals surface area contributed by atoms with E-state index in [-0.39, 0.29) is 22.7 Å². The van der Waals surface area contributed by atoms with E-state index < -0.39 is 5.82 Å². The number of phenolic OH excluding ortho intramolecular Hbond substituents is 1. The molecule has 2 aliphatic rings. The van der Waals surface area contributed by atoms with Crippen molar-refractivity contribution in [3.05, 3.63) is 48.3 Å². The van der Waals surface area contributed by atoms with Crippen LogP contribution in [0.1, 0.15) is 51.6 Å². The summed E-state index contributed by atoms with van der Waals surface area (Å²) in [5.41, 5.74) is 1.71. The fourth-order valence-corrected chi connectivity index (χ4v) is 5.95. The minimum atomic E-state index is -0.563. The molecule has 2 aliphatic carbocycles. The van der Waals surface area contributed by atoms with Gasteiger partial charge in [-0.1, -0.05) is 13.8 Å². The third-order valence-electron chi connectivity index (χ3n) is 7.52. The standard InChI is InChI=1S/C25H27FN6O/c1-24-6-7-25(2,14-24)11-17(10-24)31(3)23-5-4-20(29-30-23)18-8-19(26)21(9-22(18)33)32-13-16(12-27)28-15-32/h4-5,8-9,13,15,17,33H,6-7,10-11,14H2,1-3H3/t17-,24-,25+. The quantitative estimate of drug-likeness (QED) is 0.617. The SMILES string of the molecule is CN(c1ccc(-c2cc(F)c(-n3cnc(C#N)c3)cc2O)nn1)[C@H]1C[C@]2(C)CC[C@](C)(C1)C2. The maximum atomic E-state index is 14.8. The second-order valence-electron chi connectivity index (χ2n) is 10.3. The number of halogens is 1. The fraction of sp³-hybridized carbons (Fsp3) is 0.440. The number of anilines is 1. The number of benzene rings is 1. The van der Waals surface area contributed by atoms with Crippen LogP contribution in [0.4, 0.5) is 10.2 Å². The van der Waals surface area contributed by atoms with Crippen LogP contribution in [0.5, 0.6) is 5.75 Å². The first kappa shape index (κ1) is 21.4. The van der Waals surface area contributed by atoms with Crippen molar-refractivity contribution >= 4 is 5.82 Å². The highest BCUT2D eigenvalue weighted by molar-refractivity contribution is 5.69. The number of rotatable bonds is 4. The molecule has 8 heteroatoms. The van der Waals surface area contributed by atoms with Crippen LogP contribution in [-0.4, -0.2) is 37.9 Å². The zero-order valence-corrected chi connectivity index (χ0v) is 19.1. The summed E-state index contributed by atoms with van der Waals surface area (Å²) in [5, 5.41) is 28.2. The lowest BCUT2D eigenvalue weighted by Crippen LogP contribution is -2.42. The Kier molecular flexibility index (Phi) is 4.89. The number of aromatic hydroxyl groups is 1. The van der Waals surface area contributed by atoms with Crippen LogP contribution < -0.4 is 4.90 Å². The van der Waals surface area contributed by atoms with Gasteiger partial charge < -0.3 is 14.6 Å². The first-order valence-electron chi connectivity index (χ1n) is 11.2. The molecular weight excluding hydrogens is 419 g/mol. The van der Waals surface area contributed by atoms with Crippen molar-refractivity contribution in [2.24, 2.45) is 10.8 Å². The van der Waals surface area contributed by atoms with Gasteiger partial charge in [0.15, 0.2) is 11.5 Å². The minimum Gasteiger partial charge on any atom is -0.507 e.